The van der Waals surface area contributed by atoms with Crippen LogP contribution in [0.25, 0.3) is 0 Å². The van der Waals surface area contributed by atoms with Crippen molar-refractivity contribution in [3.8, 4) is 0 Å². The number of hydrogen-bond donors (Lipinski definition) is 0. The van der Waals surface area contributed by atoms with Crippen molar-refractivity contribution in [1.29, 1.82) is 0 Å². The van der Waals surface area contributed by atoms with Gasteiger partial charge in [0.25, 0.3) is 5.91 Å². The summed E-state index contributed by atoms with van der Waals surface area (Å²) in [6.45, 7) is 0.719. The van der Waals surface area contributed by atoms with Crippen LogP contribution < -0.4 is 0 Å². The van der Waals surface area contributed by atoms with E-state index in [-0.39, 0.29) is 42.5 Å². The van der Waals surface area contributed by atoms with E-state index in [1.54, 1.807) is 6.92 Å². The molecule has 3 rings (SSSR count). The predicted octanol–water partition coefficient (Wildman–Crippen LogP) is 3.07. The number of ether oxygens (including phenoxy) is 1. The van der Waals surface area contributed by atoms with Gasteiger partial charge in [0.1, 0.15) is 12.3 Å². The highest BCUT2D eigenvalue weighted by molar-refractivity contribution is 7.89. The van der Waals surface area contributed by atoms with Gasteiger partial charge in [-0.1, -0.05) is 13.0 Å². The summed E-state index contributed by atoms with van der Waals surface area (Å²) in [6, 6.07) is 6.96. The van der Waals surface area contributed by atoms with E-state index in [9.17, 15) is 26.4 Å². The second-order valence-corrected chi connectivity index (χ2v) is 8.95. The molecule has 31 heavy (non-hydrogen) atoms. The Morgan fingerprint density at radius 1 is 1.19 bits per heavy atom. The van der Waals surface area contributed by atoms with E-state index in [4.69, 9.17) is 9.15 Å². The van der Waals surface area contributed by atoms with E-state index in [0.717, 1.165) is 6.07 Å². The summed E-state index contributed by atoms with van der Waals surface area (Å²) in [5.74, 6) is -0.751. The Hall–Kier alpha value is -2.37. The van der Waals surface area contributed by atoms with Crippen molar-refractivity contribution in [2.24, 2.45) is 0 Å². The van der Waals surface area contributed by atoms with Crippen molar-refractivity contribution in [1.82, 2.24) is 9.21 Å². The Balaban J connectivity index is 1.96. The van der Waals surface area contributed by atoms with E-state index in [1.807, 2.05) is 0 Å². The molecule has 0 bridgehead atoms. The lowest BCUT2D eigenvalue weighted by Crippen LogP contribution is -2.41. The summed E-state index contributed by atoms with van der Waals surface area (Å²) in [7, 11) is -3.93. The van der Waals surface area contributed by atoms with Gasteiger partial charge < -0.3 is 14.1 Å². The van der Waals surface area contributed by atoms with Gasteiger partial charge in [0, 0.05) is 18.7 Å². The van der Waals surface area contributed by atoms with E-state index in [2.05, 4.69) is 0 Å². The van der Waals surface area contributed by atoms with Crippen molar-refractivity contribution < 1.29 is 35.5 Å². The second kappa shape index (κ2) is 9.41. The zero-order valence-corrected chi connectivity index (χ0v) is 17.7. The van der Waals surface area contributed by atoms with Gasteiger partial charge in [0.2, 0.25) is 10.0 Å². The zero-order valence-electron chi connectivity index (χ0n) is 16.9. The summed E-state index contributed by atoms with van der Waals surface area (Å²) in [5.41, 5.74) is 0.344. The minimum absolute atomic E-state index is 0.0762. The third kappa shape index (κ3) is 5.66. The largest absolute Gasteiger partial charge is 0.467 e. The summed E-state index contributed by atoms with van der Waals surface area (Å²) in [6.07, 6.45) is -2.95. The topological polar surface area (TPSA) is 80.1 Å². The number of furan rings is 1. The molecular weight excluding hydrogens is 437 g/mol. The van der Waals surface area contributed by atoms with Gasteiger partial charge >= 0.3 is 6.18 Å². The van der Waals surface area contributed by atoms with Crippen LogP contribution in [0.3, 0.4) is 0 Å². The van der Waals surface area contributed by atoms with Crippen LogP contribution in [0.4, 0.5) is 13.2 Å². The standard InChI is InChI=1S/C20H23F3N2O5S/c1-2-15-5-6-16(12-18(15)31(27,28)25-7-10-29-11-8-25)19(26)24(14-20(21,22)23)13-17-4-3-9-30-17/h3-6,9,12H,2,7-8,10-11,13-14H2,1H3. The molecule has 0 unspecified atom stereocenters. The lowest BCUT2D eigenvalue weighted by molar-refractivity contribution is -0.142. The number of carbonyl (C=O) groups is 1. The SMILES string of the molecule is CCc1ccc(C(=O)N(Cc2ccco2)CC(F)(F)F)cc1S(=O)(=O)N1CCOCC1. The fraction of sp³-hybridized carbons (Fsp3) is 0.450. The molecule has 0 spiro atoms. The number of nitrogens with zero attached hydrogens (tertiary/aromatic N) is 2. The van der Waals surface area contributed by atoms with Gasteiger partial charge in [0.15, 0.2) is 0 Å². The maximum atomic E-state index is 13.1. The first-order valence-electron chi connectivity index (χ1n) is 9.71. The maximum Gasteiger partial charge on any atom is 0.406 e. The van der Waals surface area contributed by atoms with Gasteiger partial charge in [-0.3, -0.25) is 4.79 Å². The molecule has 1 aliphatic rings. The first-order valence-corrected chi connectivity index (χ1v) is 11.1. The lowest BCUT2D eigenvalue weighted by Gasteiger charge is -2.27. The van der Waals surface area contributed by atoms with E-state index < -0.39 is 35.2 Å². The highest BCUT2D eigenvalue weighted by Crippen LogP contribution is 2.26. The zero-order chi connectivity index (χ0) is 22.6. The highest BCUT2D eigenvalue weighted by atomic mass is 32.2. The number of hydrogen-bond acceptors (Lipinski definition) is 5. The number of sulfonamides is 1. The fourth-order valence-electron chi connectivity index (χ4n) is 3.33. The molecule has 7 nitrogen and oxygen atoms in total. The number of aryl methyl sites for hydroxylation is 1. The number of carbonyl (C=O) groups excluding carboxylic acids is 1. The molecule has 0 radical (unpaired) electrons. The van der Waals surface area contributed by atoms with Crippen LogP contribution in [0.5, 0.6) is 0 Å². The minimum Gasteiger partial charge on any atom is -0.467 e. The van der Waals surface area contributed by atoms with Crippen molar-refractivity contribution in [2.45, 2.75) is 31.0 Å². The Morgan fingerprint density at radius 2 is 1.90 bits per heavy atom. The van der Waals surface area contributed by atoms with E-state index >= 15 is 0 Å². The average Bonchev–Trinajstić information content (AvgIpc) is 3.25. The molecule has 0 saturated carbocycles. The van der Waals surface area contributed by atoms with E-state index in [1.165, 1.54) is 34.8 Å². The number of morpholine rings is 1. The first kappa shape index (κ1) is 23.3. The summed E-state index contributed by atoms with van der Waals surface area (Å²) in [5, 5.41) is 0. The number of alkyl halides is 3. The monoisotopic (exact) mass is 460 g/mol. The van der Waals surface area contributed by atoms with Crippen LogP contribution >= 0.6 is 0 Å². The van der Waals surface area contributed by atoms with E-state index in [0.29, 0.717) is 16.9 Å². The molecule has 1 amide bonds. The fourth-order valence-corrected chi connectivity index (χ4v) is 5.06. The van der Waals surface area contributed by atoms with Crippen LogP contribution in [-0.2, 0) is 27.7 Å². The third-order valence-corrected chi connectivity index (χ3v) is 6.85. The van der Waals surface area contributed by atoms with Gasteiger partial charge in [-0.15, -0.1) is 0 Å². The molecule has 11 heteroatoms. The quantitative estimate of drug-likeness (QED) is 0.635. The maximum absolute atomic E-state index is 13.1. The van der Waals surface area contributed by atoms with Crippen LogP contribution in [0, 0.1) is 0 Å². The molecule has 1 aliphatic heterocycles. The Bertz CT molecular complexity index is 1000. The summed E-state index contributed by atoms with van der Waals surface area (Å²) >= 11 is 0. The van der Waals surface area contributed by atoms with Crippen molar-refractivity contribution in [3.05, 3.63) is 53.5 Å². The summed E-state index contributed by atoms with van der Waals surface area (Å²) < 4.78 is 77.1. The Labute approximate surface area is 178 Å². The van der Waals surface area contributed by atoms with Gasteiger partial charge in [-0.2, -0.15) is 17.5 Å². The van der Waals surface area contributed by atoms with Gasteiger partial charge in [-0.25, -0.2) is 8.42 Å². The Morgan fingerprint density at radius 3 is 2.48 bits per heavy atom. The number of amides is 1. The Kier molecular flexibility index (Phi) is 7.07. The van der Waals surface area contributed by atoms with Crippen LogP contribution in [-0.4, -0.2) is 62.6 Å². The normalized spacial score (nSPS) is 15.7. The van der Waals surface area contributed by atoms with Crippen LogP contribution in [0.2, 0.25) is 0 Å². The molecule has 0 N–H and O–H groups in total. The number of benzene rings is 1. The third-order valence-electron chi connectivity index (χ3n) is 4.87. The van der Waals surface area contributed by atoms with Crippen molar-refractivity contribution in [3.63, 3.8) is 0 Å². The lowest BCUT2D eigenvalue weighted by atomic mass is 10.1. The second-order valence-electron chi connectivity index (χ2n) is 7.05. The number of rotatable bonds is 7. The molecule has 1 saturated heterocycles. The van der Waals surface area contributed by atoms with Crippen molar-refractivity contribution in [2.75, 3.05) is 32.8 Å². The smallest absolute Gasteiger partial charge is 0.406 e. The minimum atomic E-state index is -4.63. The molecule has 170 valence electrons. The molecule has 1 fully saturated rings. The predicted molar refractivity (Wildman–Crippen MR) is 105 cm³/mol. The van der Waals surface area contributed by atoms with Gasteiger partial charge in [-0.05, 0) is 36.2 Å². The summed E-state index contributed by atoms with van der Waals surface area (Å²) in [4.78, 5) is 13.5. The van der Waals surface area contributed by atoms with Gasteiger partial charge in [0.05, 0.1) is 30.9 Å². The van der Waals surface area contributed by atoms with Crippen LogP contribution in [0.1, 0.15) is 28.6 Å². The molecule has 0 atom stereocenters. The molecule has 2 heterocycles. The van der Waals surface area contributed by atoms with Crippen molar-refractivity contribution >= 4 is 15.9 Å². The molecule has 0 aliphatic carbocycles. The molecule has 1 aromatic heterocycles. The average molecular weight is 460 g/mol. The molecule has 1 aromatic carbocycles. The van der Waals surface area contributed by atoms with Crippen LogP contribution in [0.15, 0.2) is 45.9 Å². The molecular formula is C20H23F3N2O5S. The molecule has 2 aromatic rings. The first-order chi connectivity index (χ1) is 14.6. The number of halogens is 3. The highest BCUT2D eigenvalue weighted by Gasteiger charge is 2.35.